The van der Waals surface area contributed by atoms with Crippen LogP contribution in [0.4, 0.5) is 17.5 Å². The molecule has 0 unspecified atom stereocenters. The number of nitrogens with zero attached hydrogens (tertiary/aromatic N) is 13. The summed E-state index contributed by atoms with van der Waals surface area (Å²) in [5, 5.41) is 28.6. The number of hydrogen-bond acceptors (Lipinski definition) is 20. The lowest BCUT2D eigenvalue weighted by atomic mass is 10.1. The molecular weight excluding hydrogens is 1390 g/mol. The molecule has 22 nitrogen and oxygen atoms in total. The first-order chi connectivity index (χ1) is 53.7. The van der Waals surface area contributed by atoms with E-state index >= 15 is 0 Å². The second-order valence-electron chi connectivity index (χ2n) is 27.1. The first kappa shape index (κ1) is 70.1. The molecule has 0 aliphatic heterocycles. The molecule has 3 fully saturated rings. The molecule has 0 amide bonds. The maximum atomic E-state index is 9.26. The Labute approximate surface area is 633 Å². The van der Waals surface area contributed by atoms with Crippen molar-refractivity contribution >= 4 is 61.9 Å². The van der Waals surface area contributed by atoms with E-state index in [0.29, 0.717) is 78.2 Å². The van der Waals surface area contributed by atoms with E-state index in [-0.39, 0.29) is 0 Å². The quantitative estimate of drug-likeness (QED) is 0.0602. The van der Waals surface area contributed by atoms with Crippen LogP contribution in [-0.2, 0) is 19.8 Å². The lowest BCUT2D eigenvalue weighted by Crippen LogP contribution is -2.07. The molecule has 3 saturated carbocycles. The summed E-state index contributed by atoms with van der Waals surface area (Å²) in [5.41, 5.74) is 28.9. The predicted octanol–water partition coefficient (Wildman–Crippen LogP) is 19.6. The van der Waals surface area contributed by atoms with Crippen molar-refractivity contribution in [3.8, 4) is 91.6 Å². The number of fused-ring (bicyclic) bond motifs is 3. The average molecular weight is 1460 g/mol. The fraction of sp³-hybridized carbons (Fsp3) is 0.209. The zero-order valence-corrected chi connectivity index (χ0v) is 60.6. The summed E-state index contributed by atoms with van der Waals surface area (Å²) in [4.78, 5) is 27.4. The van der Waals surface area contributed by atoms with Crippen molar-refractivity contribution in [2.24, 2.45) is 0 Å². The second-order valence-corrected chi connectivity index (χ2v) is 28.1. The third kappa shape index (κ3) is 16.2. The van der Waals surface area contributed by atoms with E-state index in [1.54, 1.807) is 23.5 Å². The molecule has 0 atom stereocenters. The number of ether oxygens (including phenoxy) is 6. The third-order valence-electron chi connectivity index (χ3n) is 19.8. The van der Waals surface area contributed by atoms with Gasteiger partial charge in [0.1, 0.15) is 131 Å². The molecule has 18 rings (SSSR count). The Hall–Kier alpha value is -13.2. The molecule has 0 spiro atoms. The Balaban J connectivity index is 0.000000125. The van der Waals surface area contributed by atoms with Gasteiger partial charge in [-0.05, 0) is 195 Å². The first-order valence-electron chi connectivity index (χ1n) is 36.7. The minimum Gasteiger partial charge on any atom is -0.489 e. The molecule has 3 aliphatic rings. The number of thiophene rings is 1. The fourth-order valence-corrected chi connectivity index (χ4v) is 15.0. The van der Waals surface area contributed by atoms with Gasteiger partial charge in [0.2, 0.25) is 0 Å². The summed E-state index contributed by atoms with van der Waals surface area (Å²) in [6, 6.07) is 71.2. The lowest BCUT2D eigenvalue weighted by molar-refractivity contribution is 0.304. The molecule has 0 saturated heterocycles. The predicted molar refractivity (Wildman–Crippen MR) is 422 cm³/mol. The Kier molecular flexibility index (Phi) is 21.0. The highest BCUT2D eigenvalue weighted by Crippen LogP contribution is 2.42. The topological polar surface area (TPSA) is 288 Å². The molecule has 0 radical (unpaired) electrons. The number of nitrogens with two attached hydrogens (primary N) is 3. The molecule has 7 aromatic heterocycles. The Morgan fingerprint density at radius 2 is 0.752 bits per heavy atom. The van der Waals surface area contributed by atoms with Gasteiger partial charge in [-0.2, -0.15) is 20.6 Å². The smallest absolute Gasteiger partial charge is 0.164 e. The van der Waals surface area contributed by atoms with Gasteiger partial charge in [-0.3, -0.25) is 0 Å². The molecule has 15 aromatic rings. The zero-order chi connectivity index (χ0) is 73.8. The maximum absolute atomic E-state index is 9.26. The molecule has 7 heterocycles. The number of aromatic nitrogens is 12. The van der Waals surface area contributed by atoms with E-state index in [2.05, 4.69) is 42.0 Å². The number of nitrogen functional groups attached to an aromatic ring is 3. The maximum Gasteiger partial charge on any atom is 0.164 e. The van der Waals surface area contributed by atoms with Gasteiger partial charge in [0, 0.05) is 27.6 Å². The van der Waals surface area contributed by atoms with E-state index < -0.39 is 0 Å². The van der Waals surface area contributed by atoms with Crippen LogP contribution in [0, 0.1) is 11.3 Å². The third-order valence-corrected chi connectivity index (χ3v) is 20.6. The average Bonchev–Trinajstić information content (AvgIpc) is 1.63. The van der Waals surface area contributed by atoms with Crippen molar-refractivity contribution in [2.45, 2.75) is 115 Å². The molecule has 23 heteroatoms. The minimum atomic E-state index is 0.328. The standard InChI is InChI=1S/C30H26N6O2.C29H27N5O2.C27H25N5O2S/c31-17-22-7-1-4-11-26(22)37-18-20-6-5-10-25(16-20)38-24-14-12-21(13-15-24)28-27-29(32)33-19-34-30(27)36(35-28)23-8-2-3-9-23;30-28-26-27(33-34(22-8-4-5-9-22)29(26)32-19-31-28)21-13-15-24(16-14-21)36-25-12-6-7-20(17-25)18-35-23-10-2-1-3-11-23;28-26-24-25(31-32(19-5-1-2-6-19)27(24)30-17-29-26)18-10-12-20(13-11-18)34-22-8-3-7-21(15-22)33-16-23-9-4-14-35-23/h1,4-7,10-16,19,23H,2-3,8-9,18H2,(H2,32,33,34);1-3,6-7,10-17,19,22H,4-5,8-9,18H2,(H2,30,31,32);3-4,7-15,17,19H,1-2,5-6,16H2,(H2,28,29,30). The number of rotatable bonds is 21. The number of para-hydroxylation sites is 2. The molecule has 3 aliphatic carbocycles. The van der Waals surface area contributed by atoms with Crippen molar-refractivity contribution in [2.75, 3.05) is 17.2 Å². The van der Waals surface area contributed by atoms with E-state index in [1.165, 1.54) is 62.4 Å². The van der Waals surface area contributed by atoms with Crippen LogP contribution in [0.3, 0.4) is 0 Å². The lowest BCUT2D eigenvalue weighted by Gasteiger charge is -2.10. The van der Waals surface area contributed by atoms with Gasteiger partial charge in [0.15, 0.2) is 16.9 Å². The van der Waals surface area contributed by atoms with Gasteiger partial charge in [-0.15, -0.1) is 11.3 Å². The number of benzene rings is 8. The van der Waals surface area contributed by atoms with Gasteiger partial charge in [0.05, 0.1) is 39.8 Å². The Morgan fingerprint density at radius 1 is 0.367 bits per heavy atom. The van der Waals surface area contributed by atoms with Gasteiger partial charge >= 0.3 is 0 Å². The van der Waals surface area contributed by atoms with E-state index in [0.717, 1.165) is 151 Å². The van der Waals surface area contributed by atoms with Crippen LogP contribution in [0.1, 0.15) is 117 Å². The van der Waals surface area contributed by atoms with Gasteiger partial charge < -0.3 is 45.6 Å². The highest BCUT2D eigenvalue weighted by Gasteiger charge is 2.28. The number of anilines is 3. The number of hydrogen-bond donors (Lipinski definition) is 3. The van der Waals surface area contributed by atoms with E-state index in [4.69, 9.17) is 60.9 Å². The zero-order valence-electron chi connectivity index (χ0n) is 59.8. The first-order valence-corrected chi connectivity index (χ1v) is 37.6. The van der Waals surface area contributed by atoms with Crippen molar-refractivity contribution in [3.63, 3.8) is 0 Å². The summed E-state index contributed by atoms with van der Waals surface area (Å²) in [6.45, 7) is 1.35. The van der Waals surface area contributed by atoms with Crippen LogP contribution < -0.4 is 45.6 Å². The summed E-state index contributed by atoms with van der Waals surface area (Å²) in [6.07, 6.45) is 18.5. The van der Waals surface area contributed by atoms with Crippen LogP contribution in [0.5, 0.6) is 51.7 Å². The molecule has 6 N–H and O–H groups in total. The second kappa shape index (κ2) is 32.7. The molecule has 544 valence electrons. The minimum absolute atomic E-state index is 0.328. The monoisotopic (exact) mass is 1460 g/mol. The molecule has 8 aromatic carbocycles. The summed E-state index contributed by atoms with van der Waals surface area (Å²) in [7, 11) is 0. The molecule has 0 bridgehead atoms. The Bertz CT molecular complexity index is 5660. The van der Waals surface area contributed by atoms with Crippen LogP contribution in [0.2, 0.25) is 0 Å². The largest absolute Gasteiger partial charge is 0.489 e. The Morgan fingerprint density at radius 3 is 1.18 bits per heavy atom. The van der Waals surface area contributed by atoms with Crippen molar-refractivity contribution < 1.29 is 28.4 Å². The SMILES string of the molecule is N#Cc1ccccc1OCc1cccc(Oc2ccc(-c3nn(C4CCCC4)c4ncnc(N)c34)cc2)c1.Nc1ncnc2c1c(-c1ccc(Oc3cccc(COc4ccccc4)c3)cc1)nn2C1CCCC1.Nc1ncnc2c1c(-c1ccc(Oc3cccc(OCc4cccs4)c3)cc1)nn2C1CCCC1. The van der Waals surface area contributed by atoms with Crippen LogP contribution >= 0.6 is 11.3 Å². The summed E-state index contributed by atoms with van der Waals surface area (Å²) < 4.78 is 42.1. The van der Waals surface area contributed by atoms with E-state index in [1.807, 2.05) is 214 Å². The van der Waals surface area contributed by atoms with Gasteiger partial charge in [-0.1, -0.05) is 105 Å². The van der Waals surface area contributed by atoms with Crippen LogP contribution in [0.25, 0.3) is 66.9 Å². The van der Waals surface area contributed by atoms with Gasteiger partial charge in [0.25, 0.3) is 0 Å². The highest BCUT2D eigenvalue weighted by atomic mass is 32.1. The van der Waals surface area contributed by atoms with Crippen molar-refractivity contribution in [1.29, 1.82) is 5.26 Å². The summed E-state index contributed by atoms with van der Waals surface area (Å²) in [5.74, 6) is 7.85. The normalized spacial score (nSPS) is 13.7. The van der Waals surface area contributed by atoms with Crippen LogP contribution in [-0.4, -0.2) is 59.2 Å². The molecular formula is C86H78N16O6S. The summed E-state index contributed by atoms with van der Waals surface area (Å²) >= 11 is 1.68. The fourth-order valence-electron chi connectivity index (χ4n) is 14.4. The van der Waals surface area contributed by atoms with Crippen molar-refractivity contribution in [3.05, 3.63) is 258 Å². The van der Waals surface area contributed by atoms with Crippen molar-refractivity contribution in [1.82, 2.24) is 59.2 Å². The number of nitriles is 1. The van der Waals surface area contributed by atoms with E-state index in [9.17, 15) is 5.26 Å². The highest BCUT2D eigenvalue weighted by molar-refractivity contribution is 7.09. The molecule has 109 heavy (non-hydrogen) atoms. The van der Waals surface area contributed by atoms with Gasteiger partial charge in [-0.25, -0.2) is 43.9 Å². The van der Waals surface area contributed by atoms with Crippen LogP contribution in [0.15, 0.2) is 237 Å².